The van der Waals surface area contributed by atoms with Crippen LogP contribution < -0.4 is 5.32 Å². The van der Waals surface area contributed by atoms with Crippen molar-refractivity contribution < 1.29 is 14.7 Å². The van der Waals surface area contributed by atoms with Gasteiger partial charge in [-0.3, -0.25) is 4.79 Å². The van der Waals surface area contributed by atoms with Gasteiger partial charge in [0.25, 0.3) is 0 Å². The molecule has 0 saturated carbocycles. The third-order valence-corrected chi connectivity index (χ3v) is 3.23. The molecule has 0 radical (unpaired) electrons. The van der Waals surface area contributed by atoms with Crippen LogP contribution in [0.5, 0.6) is 0 Å². The molecule has 6 nitrogen and oxygen atoms in total. The first-order chi connectivity index (χ1) is 9.66. The molecule has 1 atom stereocenters. The van der Waals surface area contributed by atoms with E-state index < -0.39 is 5.97 Å². The first-order valence-electron chi connectivity index (χ1n) is 6.10. The summed E-state index contributed by atoms with van der Waals surface area (Å²) in [6, 6.07) is 6.04. The second-order valence-corrected chi connectivity index (χ2v) is 4.46. The smallest absolute Gasteiger partial charge is 0.335 e. The second-order valence-electron chi connectivity index (χ2n) is 4.46. The van der Waals surface area contributed by atoms with Gasteiger partial charge in [-0.15, -0.1) is 5.11 Å². The van der Waals surface area contributed by atoms with Gasteiger partial charge >= 0.3 is 11.9 Å². The molecule has 1 aromatic carbocycles. The highest BCUT2D eigenvalue weighted by molar-refractivity contribution is 5.95. The van der Waals surface area contributed by atoms with Crippen molar-refractivity contribution in [1.29, 1.82) is 0 Å². The van der Waals surface area contributed by atoms with Crippen LogP contribution in [0.15, 0.2) is 57.9 Å². The zero-order chi connectivity index (χ0) is 14.1. The molecule has 0 aromatic heterocycles. The second kappa shape index (κ2) is 4.73. The number of benzene rings is 1. The van der Waals surface area contributed by atoms with E-state index in [9.17, 15) is 9.59 Å². The molecule has 6 heteroatoms. The molecule has 1 aromatic rings. The Morgan fingerprint density at radius 1 is 1.30 bits per heavy atom. The predicted octanol–water partition coefficient (Wildman–Crippen LogP) is 1.83. The molecule has 2 N–H and O–H groups in total. The number of nitrogens with one attached hydrogen (secondary N) is 1. The molecular weight excluding hydrogens is 258 g/mol. The number of amides is 1. The topological polar surface area (TPSA) is 91.1 Å². The maximum absolute atomic E-state index is 11.7. The summed E-state index contributed by atoms with van der Waals surface area (Å²) < 4.78 is 0. The number of carboxylic acids is 1. The molecule has 1 amide bonds. The van der Waals surface area contributed by atoms with Crippen LogP contribution >= 0.6 is 0 Å². The predicted molar refractivity (Wildman–Crippen MR) is 70.2 cm³/mol. The lowest BCUT2D eigenvalue weighted by atomic mass is 9.94. The number of dihydropyridines is 1. The van der Waals surface area contributed by atoms with Gasteiger partial charge < -0.3 is 10.4 Å². The van der Waals surface area contributed by atoms with Crippen molar-refractivity contribution in [3.63, 3.8) is 0 Å². The summed E-state index contributed by atoms with van der Waals surface area (Å²) in [5.74, 6) is -1.35. The normalized spacial score (nSPS) is 20.6. The summed E-state index contributed by atoms with van der Waals surface area (Å²) in [4.78, 5) is 22.5. The molecule has 1 unspecified atom stereocenters. The lowest BCUT2D eigenvalue weighted by Crippen LogP contribution is -2.27. The fourth-order valence-electron chi connectivity index (χ4n) is 2.24. The fraction of sp³-hybridized carbons (Fsp3) is 0.143. The zero-order valence-electron chi connectivity index (χ0n) is 10.4. The average molecular weight is 269 g/mol. The van der Waals surface area contributed by atoms with Crippen molar-refractivity contribution in [3.05, 3.63) is 58.8 Å². The van der Waals surface area contributed by atoms with Gasteiger partial charge in [0.05, 0.1) is 5.56 Å². The number of nitrogens with zero attached hydrogens (tertiary/aromatic N) is 2. The molecule has 0 saturated heterocycles. The standard InChI is InChI=1S/C14H11N3O3/c18-13-12-10(2-1-7-15-12)11(16-17-13)8-3-5-9(6-4-8)14(19)20/h1-6,11,15H,7H2,(H,19,20). The van der Waals surface area contributed by atoms with Crippen molar-refractivity contribution in [2.45, 2.75) is 6.04 Å². The lowest BCUT2D eigenvalue weighted by molar-refractivity contribution is -0.115. The summed E-state index contributed by atoms with van der Waals surface area (Å²) in [6.45, 7) is 0.588. The Hall–Kier alpha value is -2.76. The Bertz CT molecular complexity index is 671. The van der Waals surface area contributed by atoms with E-state index in [-0.39, 0.29) is 17.5 Å². The van der Waals surface area contributed by atoms with Crippen molar-refractivity contribution >= 4 is 11.9 Å². The Balaban J connectivity index is 1.99. The summed E-state index contributed by atoms with van der Waals surface area (Å²) >= 11 is 0. The SMILES string of the molecule is O=C1N=NC(c2ccc(C(=O)O)cc2)C2=C1NCC=C2. The minimum absolute atomic E-state index is 0.212. The third-order valence-electron chi connectivity index (χ3n) is 3.23. The van der Waals surface area contributed by atoms with Gasteiger partial charge in [0.1, 0.15) is 11.7 Å². The third kappa shape index (κ3) is 2.01. The Morgan fingerprint density at radius 2 is 2.05 bits per heavy atom. The Morgan fingerprint density at radius 3 is 2.75 bits per heavy atom. The molecule has 3 rings (SSSR count). The van der Waals surface area contributed by atoms with Crippen LogP contribution in [0, 0.1) is 0 Å². The molecule has 0 fully saturated rings. The van der Waals surface area contributed by atoms with Crippen LogP contribution in [-0.2, 0) is 4.79 Å². The van der Waals surface area contributed by atoms with E-state index in [1.54, 1.807) is 12.1 Å². The number of hydrogen-bond donors (Lipinski definition) is 2. The van der Waals surface area contributed by atoms with E-state index in [4.69, 9.17) is 5.11 Å². The minimum Gasteiger partial charge on any atom is -0.478 e. The molecule has 0 spiro atoms. The molecule has 20 heavy (non-hydrogen) atoms. The summed E-state index contributed by atoms with van der Waals surface area (Å²) in [6.07, 6.45) is 3.77. The fourth-order valence-corrected chi connectivity index (χ4v) is 2.24. The molecule has 100 valence electrons. The first-order valence-corrected chi connectivity index (χ1v) is 6.10. The van der Waals surface area contributed by atoms with E-state index in [0.717, 1.165) is 11.1 Å². The molecule has 2 heterocycles. The zero-order valence-corrected chi connectivity index (χ0v) is 10.4. The van der Waals surface area contributed by atoms with E-state index in [0.29, 0.717) is 12.2 Å². The monoisotopic (exact) mass is 269 g/mol. The van der Waals surface area contributed by atoms with Gasteiger partial charge in [0.15, 0.2) is 0 Å². The Labute approximate surface area is 114 Å². The van der Waals surface area contributed by atoms with Crippen LogP contribution in [-0.4, -0.2) is 23.5 Å². The van der Waals surface area contributed by atoms with E-state index >= 15 is 0 Å². The Kier molecular flexibility index (Phi) is 2.90. The molecule has 0 bridgehead atoms. The number of aromatic carboxylic acids is 1. The summed E-state index contributed by atoms with van der Waals surface area (Å²) in [5.41, 5.74) is 2.24. The van der Waals surface area contributed by atoms with Crippen molar-refractivity contribution in [2.24, 2.45) is 10.2 Å². The lowest BCUT2D eigenvalue weighted by Gasteiger charge is -2.23. The van der Waals surface area contributed by atoms with Crippen molar-refractivity contribution in [2.75, 3.05) is 6.54 Å². The van der Waals surface area contributed by atoms with Gasteiger partial charge in [-0.2, -0.15) is 5.11 Å². The van der Waals surface area contributed by atoms with E-state index in [1.807, 2.05) is 12.2 Å². The van der Waals surface area contributed by atoms with Crippen LogP contribution in [0.1, 0.15) is 22.0 Å². The van der Waals surface area contributed by atoms with Gasteiger partial charge in [-0.05, 0) is 17.7 Å². The highest BCUT2D eigenvalue weighted by Gasteiger charge is 2.28. The van der Waals surface area contributed by atoms with E-state index in [2.05, 4.69) is 15.5 Å². The molecule has 0 aliphatic carbocycles. The number of carbonyl (C=O) groups excluding carboxylic acids is 1. The van der Waals surface area contributed by atoms with Crippen LogP contribution in [0.4, 0.5) is 0 Å². The maximum Gasteiger partial charge on any atom is 0.335 e. The van der Waals surface area contributed by atoms with Gasteiger partial charge in [0, 0.05) is 12.1 Å². The maximum atomic E-state index is 11.7. The average Bonchev–Trinajstić information content (AvgIpc) is 2.48. The minimum atomic E-state index is -0.976. The highest BCUT2D eigenvalue weighted by atomic mass is 16.4. The number of carboxylic acid groups (broad SMARTS) is 1. The highest BCUT2D eigenvalue weighted by Crippen LogP contribution is 2.33. The van der Waals surface area contributed by atoms with Gasteiger partial charge in [-0.1, -0.05) is 24.3 Å². The quantitative estimate of drug-likeness (QED) is 0.856. The largest absolute Gasteiger partial charge is 0.478 e. The number of carbonyl (C=O) groups is 2. The van der Waals surface area contributed by atoms with Gasteiger partial charge in [-0.25, -0.2) is 4.79 Å². The summed E-state index contributed by atoms with van der Waals surface area (Å²) in [5, 5.41) is 19.6. The summed E-state index contributed by atoms with van der Waals surface area (Å²) in [7, 11) is 0. The number of hydrogen-bond acceptors (Lipinski definition) is 4. The van der Waals surface area contributed by atoms with Crippen LogP contribution in [0.25, 0.3) is 0 Å². The van der Waals surface area contributed by atoms with Crippen LogP contribution in [0.3, 0.4) is 0 Å². The van der Waals surface area contributed by atoms with Gasteiger partial charge in [0.2, 0.25) is 0 Å². The number of rotatable bonds is 2. The van der Waals surface area contributed by atoms with E-state index in [1.165, 1.54) is 12.1 Å². The van der Waals surface area contributed by atoms with Crippen LogP contribution in [0.2, 0.25) is 0 Å². The van der Waals surface area contributed by atoms with Crippen molar-refractivity contribution in [3.8, 4) is 0 Å². The molecule has 2 aliphatic rings. The van der Waals surface area contributed by atoms with Crippen molar-refractivity contribution in [1.82, 2.24) is 5.32 Å². The number of azo groups is 1. The molecule has 2 aliphatic heterocycles. The molecular formula is C14H11N3O3. The first kappa shape index (κ1) is 12.3.